The van der Waals surface area contributed by atoms with E-state index in [1.54, 1.807) is 6.07 Å². The number of hydrogen-bond acceptors (Lipinski definition) is 2. The molecule has 0 amide bonds. The molecule has 0 atom stereocenters. The van der Waals surface area contributed by atoms with Gasteiger partial charge in [-0.25, -0.2) is 0 Å². The predicted octanol–water partition coefficient (Wildman–Crippen LogP) is 4.94. The second-order valence-electron chi connectivity index (χ2n) is 5.31. The van der Waals surface area contributed by atoms with Crippen LogP contribution in [-0.4, -0.2) is 9.78 Å². The summed E-state index contributed by atoms with van der Waals surface area (Å²) in [5.41, 5.74) is 8.29. The third-order valence-electron chi connectivity index (χ3n) is 3.92. The number of nitrogens with zero attached hydrogens (tertiary/aromatic N) is 2. The van der Waals surface area contributed by atoms with E-state index in [9.17, 15) is 0 Å². The molecule has 106 valence electrons. The Morgan fingerprint density at radius 1 is 1.15 bits per heavy atom. The summed E-state index contributed by atoms with van der Waals surface area (Å²) in [7, 11) is 0. The van der Waals surface area contributed by atoms with Gasteiger partial charge in [0.05, 0.1) is 21.8 Å². The third kappa shape index (κ3) is 2.52. The Morgan fingerprint density at radius 2 is 1.90 bits per heavy atom. The Labute approximate surface area is 128 Å². The molecule has 20 heavy (non-hydrogen) atoms. The van der Waals surface area contributed by atoms with Crippen LogP contribution in [0.1, 0.15) is 38.1 Å². The van der Waals surface area contributed by atoms with E-state index in [1.807, 2.05) is 23.0 Å². The van der Waals surface area contributed by atoms with Crippen LogP contribution >= 0.6 is 23.2 Å². The molecule has 0 spiro atoms. The number of hydrogen-bond donors (Lipinski definition) is 1. The van der Waals surface area contributed by atoms with Crippen molar-refractivity contribution in [3.63, 3.8) is 0 Å². The Bertz CT molecular complexity index is 616. The first-order chi connectivity index (χ1) is 9.66. The van der Waals surface area contributed by atoms with E-state index in [-0.39, 0.29) is 0 Å². The largest absolute Gasteiger partial charge is 0.396 e. The highest BCUT2D eigenvalue weighted by Gasteiger charge is 2.19. The monoisotopic (exact) mass is 309 g/mol. The number of rotatable bonds is 2. The van der Waals surface area contributed by atoms with E-state index in [2.05, 4.69) is 5.10 Å². The van der Waals surface area contributed by atoms with Gasteiger partial charge < -0.3 is 5.73 Å². The molecule has 0 aliphatic heterocycles. The lowest BCUT2D eigenvalue weighted by Gasteiger charge is -2.21. The summed E-state index contributed by atoms with van der Waals surface area (Å²) in [5.74, 6) is 0. The smallest absolute Gasteiger partial charge is 0.117 e. The van der Waals surface area contributed by atoms with Gasteiger partial charge in [0.25, 0.3) is 0 Å². The maximum atomic E-state index is 6.26. The summed E-state index contributed by atoms with van der Waals surface area (Å²) in [6, 6.07) is 5.99. The molecule has 1 aromatic carbocycles. The van der Waals surface area contributed by atoms with Gasteiger partial charge in [0.2, 0.25) is 0 Å². The van der Waals surface area contributed by atoms with Gasteiger partial charge in [-0.1, -0.05) is 54.6 Å². The average molecular weight is 310 g/mol. The molecule has 1 aromatic heterocycles. The van der Waals surface area contributed by atoms with Gasteiger partial charge in [0.1, 0.15) is 5.69 Å². The Morgan fingerprint density at radius 3 is 2.65 bits per heavy atom. The fourth-order valence-corrected chi connectivity index (χ4v) is 3.22. The molecule has 1 saturated carbocycles. The molecule has 5 heteroatoms. The summed E-state index contributed by atoms with van der Waals surface area (Å²) >= 11 is 12.3. The highest BCUT2D eigenvalue weighted by molar-refractivity contribution is 6.43. The van der Waals surface area contributed by atoms with Gasteiger partial charge in [-0.3, -0.25) is 4.68 Å². The molecule has 0 unspecified atom stereocenters. The molecule has 0 radical (unpaired) electrons. The van der Waals surface area contributed by atoms with Gasteiger partial charge in [0.15, 0.2) is 0 Å². The highest BCUT2D eigenvalue weighted by atomic mass is 35.5. The van der Waals surface area contributed by atoms with Crippen LogP contribution in [0.25, 0.3) is 11.3 Å². The molecule has 1 fully saturated rings. The number of nitrogens with two attached hydrogens (primary N) is 1. The van der Waals surface area contributed by atoms with Gasteiger partial charge in [0, 0.05) is 11.8 Å². The van der Waals surface area contributed by atoms with E-state index in [0.29, 0.717) is 21.8 Å². The Balaban J connectivity index is 1.98. The second-order valence-corrected chi connectivity index (χ2v) is 6.09. The zero-order valence-corrected chi connectivity index (χ0v) is 12.7. The SMILES string of the molecule is Nc1cn(C2CCCCC2)nc1-c1cccc(Cl)c1Cl. The topological polar surface area (TPSA) is 43.8 Å². The van der Waals surface area contributed by atoms with E-state index < -0.39 is 0 Å². The minimum absolute atomic E-state index is 0.456. The molecule has 3 rings (SSSR count). The van der Waals surface area contributed by atoms with Crippen molar-refractivity contribution in [3.8, 4) is 11.3 Å². The third-order valence-corrected chi connectivity index (χ3v) is 4.73. The quantitative estimate of drug-likeness (QED) is 0.853. The fourth-order valence-electron chi connectivity index (χ4n) is 2.83. The van der Waals surface area contributed by atoms with Crippen molar-refractivity contribution in [2.24, 2.45) is 0 Å². The minimum Gasteiger partial charge on any atom is -0.396 e. The van der Waals surface area contributed by atoms with Crippen LogP contribution in [0.3, 0.4) is 0 Å². The summed E-state index contributed by atoms with van der Waals surface area (Å²) in [4.78, 5) is 0. The number of anilines is 1. The van der Waals surface area contributed by atoms with Crippen molar-refractivity contribution in [1.29, 1.82) is 0 Å². The first kappa shape index (κ1) is 13.8. The predicted molar refractivity (Wildman–Crippen MR) is 84.2 cm³/mol. The molecule has 3 nitrogen and oxygen atoms in total. The van der Waals surface area contributed by atoms with Crippen molar-refractivity contribution in [2.75, 3.05) is 5.73 Å². The first-order valence-electron chi connectivity index (χ1n) is 6.96. The van der Waals surface area contributed by atoms with E-state index in [0.717, 1.165) is 11.3 Å². The Hall–Kier alpha value is -1.19. The standard InChI is InChI=1S/C15H17Cl2N3/c16-12-8-4-7-11(14(12)17)15-13(18)9-20(19-15)10-5-2-1-3-6-10/h4,7-10H,1-3,5-6,18H2. The number of benzene rings is 1. The normalized spacial score (nSPS) is 16.5. The number of nitrogen functional groups attached to an aromatic ring is 1. The second kappa shape index (κ2) is 5.66. The van der Waals surface area contributed by atoms with Crippen molar-refractivity contribution >= 4 is 28.9 Å². The van der Waals surface area contributed by atoms with Crippen molar-refractivity contribution < 1.29 is 0 Å². The van der Waals surface area contributed by atoms with Gasteiger partial charge in [-0.2, -0.15) is 5.10 Å². The zero-order valence-electron chi connectivity index (χ0n) is 11.1. The molecule has 1 aliphatic carbocycles. The van der Waals surface area contributed by atoms with Crippen LogP contribution in [0, 0.1) is 0 Å². The highest BCUT2D eigenvalue weighted by Crippen LogP contribution is 2.37. The van der Waals surface area contributed by atoms with Crippen LogP contribution in [-0.2, 0) is 0 Å². The number of aromatic nitrogens is 2. The molecular weight excluding hydrogens is 293 g/mol. The summed E-state index contributed by atoms with van der Waals surface area (Å²) in [5, 5.41) is 5.69. The minimum atomic E-state index is 0.456. The van der Waals surface area contributed by atoms with Crippen LogP contribution < -0.4 is 5.73 Å². The van der Waals surface area contributed by atoms with E-state index in [1.165, 1.54) is 32.1 Å². The van der Waals surface area contributed by atoms with Crippen molar-refractivity contribution in [3.05, 3.63) is 34.4 Å². The lowest BCUT2D eigenvalue weighted by Crippen LogP contribution is -2.13. The summed E-state index contributed by atoms with van der Waals surface area (Å²) in [6.07, 6.45) is 8.10. The summed E-state index contributed by atoms with van der Waals surface area (Å²) < 4.78 is 2.00. The molecule has 2 aromatic rings. The van der Waals surface area contributed by atoms with E-state index in [4.69, 9.17) is 28.9 Å². The molecule has 1 aliphatic rings. The molecule has 1 heterocycles. The maximum Gasteiger partial charge on any atom is 0.117 e. The van der Waals surface area contributed by atoms with Gasteiger partial charge in [-0.15, -0.1) is 0 Å². The van der Waals surface area contributed by atoms with E-state index >= 15 is 0 Å². The zero-order chi connectivity index (χ0) is 14.1. The lowest BCUT2D eigenvalue weighted by molar-refractivity contribution is 0.330. The molecule has 0 saturated heterocycles. The first-order valence-corrected chi connectivity index (χ1v) is 7.71. The van der Waals surface area contributed by atoms with Crippen LogP contribution in [0.2, 0.25) is 10.0 Å². The van der Waals surface area contributed by atoms with Crippen LogP contribution in [0.15, 0.2) is 24.4 Å². The molecular formula is C15H17Cl2N3. The maximum absolute atomic E-state index is 6.26. The average Bonchev–Trinajstić information content (AvgIpc) is 2.85. The molecule has 0 bridgehead atoms. The lowest BCUT2D eigenvalue weighted by atomic mass is 9.96. The Kier molecular flexibility index (Phi) is 3.90. The molecule has 2 N–H and O–H groups in total. The van der Waals surface area contributed by atoms with Gasteiger partial charge >= 0.3 is 0 Å². The van der Waals surface area contributed by atoms with Crippen molar-refractivity contribution in [2.45, 2.75) is 38.1 Å². The number of halogens is 2. The van der Waals surface area contributed by atoms with Crippen LogP contribution in [0.5, 0.6) is 0 Å². The fraction of sp³-hybridized carbons (Fsp3) is 0.400. The van der Waals surface area contributed by atoms with Crippen molar-refractivity contribution in [1.82, 2.24) is 9.78 Å². The van der Waals surface area contributed by atoms with Gasteiger partial charge in [-0.05, 0) is 18.9 Å². The summed E-state index contributed by atoms with van der Waals surface area (Å²) in [6.45, 7) is 0. The van der Waals surface area contributed by atoms with Crippen LogP contribution in [0.4, 0.5) is 5.69 Å².